The standard InChI is InChI=1S/C20H31FN2O4/c1-13(22-18(24)27-19(2,3)4)16-8-7-15(9-17(16)26-12-21)23-10-14(11-23)20(5,6)25/h7-9,13-14,25H,10-12H2,1-6H3,(H,22,24)/t13-/m0/s1. The van der Waals surface area contributed by atoms with Crippen LogP contribution in [0.5, 0.6) is 5.75 Å². The topological polar surface area (TPSA) is 71.0 Å². The number of benzene rings is 1. The summed E-state index contributed by atoms with van der Waals surface area (Å²) in [4.78, 5) is 14.1. The van der Waals surface area contributed by atoms with Gasteiger partial charge in [0.25, 0.3) is 0 Å². The van der Waals surface area contributed by atoms with Crippen molar-refractivity contribution in [2.75, 3.05) is 24.9 Å². The highest BCUT2D eigenvalue weighted by Gasteiger charge is 2.37. The predicted octanol–water partition coefficient (Wildman–Crippen LogP) is 3.79. The number of carbonyl (C=O) groups is 1. The number of anilines is 1. The minimum Gasteiger partial charge on any atom is -0.462 e. The van der Waals surface area contributed by atoms with E-state index in [0.29, 0.717) is 11.3 Å². The Labute approximate surface area is 160 Å². The van der Waals surface area contributed by atoms with Gasteiger partial charge in [0.15, 0.2) is 0 Å². The molecule has 7 heteroatoms. The van der Waals surface area contributed by atoms with Gasteiger partial charge >= 0.3 is 6.09 Å². The van der Waals surface area contributed by atoms with E-state index >= 15 is 0 Å². The van der Waals surface area contributed by atoms with E-state index in [-0.39, 0.29) is 5.92 Å². The van der Waals surface area contributed by atoms with E-state index in [0.717, 1.165) is 18.8 Å². The summed E-state index contributed by atoms with van der Waals surface area (Å²) in [5.74, 6) is 0.570. The quantitative estimate of drug-likeness (QED) is 0.783. The van der Waals surface area contributed by atoms with E-state index in [1.165, 1.54) is 0 Å². The number of aliphatic hydroxyl groups is 1. The van der Waals surface area contributed by atoms with Crippen LogP contribution in [-0.4, -0.2) is 42.4 Å². The van der Waals surface area contributed by atoms with Crippen molar-refractivity contribution in [2.45, 2.75) is 58.8 Å². The Kier molecular flexibility index (Phi) is 6.24. The van der Waals surface area contributed by atoms with E-state index < -0.39 is 30.2 Å². The monoisotopic (exact) mass is 382 g/mol. The van der Waals surface area contributed by atoms with Gasteiger partial charge in [-0.3, -0.25) is 0 Å². The zero-order chi connectivity index (χ0) is 20.4. The maximum absolute atomic E-state index is 12.9. The number of nitrogens with one attached hydrogen (secondary N) is 1. The molecule has 1 atom stereocenters. The minimum atomic E-state index is -0.956. The first-order valence-electron chi connectivity index (χ1n) is 9.20. The number of hydrogen-bond donors (Lipinski definition) is 2. The number of nitrogens with zero attached hydrogens (tertiary/aromatic N) is 1. The molecule has 0 radical (unpaired) electrons. The van der Waals surface area contributed by atoms with Crippen LogP contribution in [-0.2, 0) is 4.74 Å². The molecule has 1 saturated heterocycles. The first-order valence-corrected chi connectivity index (χ1v) is 9.20. The van der Waals surface area contributed by atoms with Crippen molar-refractivity contribution >= 4 is 11.8 Å². The number of halogens is 1. The number of alkyl halides is 1. The Morgan fingerprint density at radius 1 is 1.33 bits per heavy atom. The van der Waals surface area contributed by atoms with Crippen LogP contribution >= 0.6 is 0 Å². The molecule has 2 rings (SSSR count). The maximum atomic E-state index is 12.9. The summed E-state index contributed by atoms with van der Waals surface area (Å²) in [6.45, 7) is 11.3. The van der Waals surface area contributed by atoms with Crippen molar-refractivity contribution in [3.63, 3.8) is 0 Å². The predicted molar refractivity (Wildman–Crippen MR) is 103 cm³/mol. The largest absolute Gasteiger partial charge is 0.462 e. The van der Waals surface area contributed by atoms with Gasteiger partial charge in [-0.25, -0.2) is 9.18 Å². The molecule has 1 amide bonds. The third-order valence-electron chi connectivity index (χ3n) is 4.65. The molecule has 1 aromatic carbocycles. The van der Waals surface area contributed by atoms with E-state index in [1.807, 2.05) is 12.1 Å². The van der Waals surface area contributed by atoms with Crippen LogP contribution in [0.15, 0.2) is 18.2 Å². The van der Waals surface area contributed by atoms with E-state index in [4.69, 9.17) is 9.47 Å². The molecule has 0 saturated carbocycles. The van der Waals surface area contributed by atoms with Gasteiger partial charge in [0.05, 0.1) is 11.6 Å². The number of alkyl carbamates (subject to hydrolysis) is 1. The summed E-state index contributed by atoms with van der Waals surface area (Å²) in [7, 11) is 0. The lowest BCUT2D eigenvalue weighted by Crippen LogP contribution is -2.55. The van der Waals surface area contributed by atoms with Crippen LogP contribution in [0.25, 0.3) is 0 Å². The summed E-state index contributed by atoms with van der Waals surface area (Å²) in [6, 6.07) is 5.09. The Morgan fingerprint density at radius 2 is 1.96 bits per heavy atom. The lowest BCUT2D eigenvalue weighted by molar-refractivity contribution is 0.00458. The first kappa shape index (κ1) is 21.3. The summed E-state index contributed by atoms with van der Waals surface area (Å²) >= 11 is 0. The van der Waals surface area contributed by atoms with Crippen molar-refractivity contribution in [1.29, 1.82) is 0 Å². The number of amides is 1. The van der Waals surface area contributed by atoms with Gasteiger partial charge in [-0.2, -0.15) is 0 Å². The second kappa shape index (κ2) is 7.92. The summed E-state index contributed by atoms with van der Waals surface area (Å²) in [6.07, 6.45) is -0.541. The fourth-order valence-electron chi connectivity index (χ4n) is 2.96. The number of carbonyl (C=O) groups excluding carboxylic acids is 1. The zero-order valence-electron chi connectivity index (χ0n) is 17.0. The van der Waals surface area contributed by atoms with E-state index in [1.54, 1.807) is 47.6 Å². The molecule has 1 heterocycles. The van der Waals surface area contributed by atoms with Crippen molar-refractivity contribution in [2.24, 2.45) is 5.92 Å². The summed E-state index contributed by atoms with van der Waals surface area (Å²) in [5.41, 5.74) is 0.245. The van der Waals surface area contributed by atoms with Crippen LogP contribution in [0.4, 0.5) is 14.9 Å². The molecule has 0 unspecified atom stereocenters. The van der Waals surface area contributed by atoms with Gasteiger partial charge in [-0.1, -0.05) is 6.07 Å². The second-order valence-corrected chi connectivity index (χ2v) is 8.60. The molecule has 1 aliphatic heterocycles. The smallest absolute Gasteiger partial charge is 0.408 e. The molecule has 1 fully saturated rings. The van der Waals surface area contributed by atoms with Gasteiger partial charge in [0, 0.05) is 36.3 Å². The molecular weight excluding hydrogens is 351 g/mol. The van der Waals surface area contributed by atoms with Gasteiger partial charge in [0.2, 0.25) is 6.86 Å². The van der Waals surface area contributed by atoms with Crippen LogP contribution in [0.3, 0.4) is 0 Å². The third kappa shape index (κ3) is 5.73. The van der Waals surface area contributed by atoms with E-state index in [2.05, 4.69) is 10.2 Å². The van der Waals surface area contributed by atoms with E-state index in [9.17, 15) is 14.3 Å². The van der Waals surface area contributed by atoms with Crippen LogP contribution in [0.1, 0.15) is 53.1 Å². The molecule has 2 N–H and O–H groups in total. The lowest BCUT2D eigenvalue weighted by atomic mass is 9.84. The Morgan fingerprint density at radius 3 is 2.48 bits per heavy atom. The molecule has 0 aromatic heterocycles. The highest BCUT2D eigenvalue weighted by molar-refractivity contribution is 5.69. The Hall–Kier alpha value is -2.02. The van der Waals surface area contributed by atoms with Crippen LogP contribution < -0.4 is 15.0 Å². The Balaban J connectivity index is 2.10. The van der Waals surface area contributed by atoms with Crippen LogP contribution in [0.2, 0.25) is 0 Å². The first-order chi connectivity index (χ1) is 12.4. The fourth-order valence-corrected chi connectivity index (χ4v) is 2.96. The summed E-state index contributed by atoms with van der Waals surface area (Å²) < 4.78 is 23.3. The SMILES string of the molecule is C[C@H](NC(=O)OC(C)(C)C)c1ccc(N2CC(C(C)(C)O)C2)cc1OCF. The third-order valence-corrected chi connectivity index (χ3v) is 4.65. The molecule has 0 spiro atoms. The minimum absolute atomic E-state index is 0.190. The average Bonchev–Trinajstić information content (AvgIpc) is 2.42. The van der Waals surface area contributed by atoms with Gasteiger partial charge in [-0.15, -0.1) is 0 Å². The molecule has 1 aliphatic rings. The van der Waals surface area contributed by atoms with Gasteiger partial charge < -0.3 is 24.8 Å². The highest BCUT2D eigenvalue weighted by atomic mass is 19.1. The molecule has 6 nitrogen and oxygen atoms in total. The number of hydrogen-bond acceptors (Lipinski definition) is 5. The summed E-state index contributed by atoms with van der Waals surface area (Å²) in [5, 5.41) is 12.8. The number of rotatable bonds is 6. The second-order valence-electron chi connectivity index (χ2n) is 8.60. The molecule has 0 aliphatic carbocycles. The van der Waals surface area contributed by atoms with Crippen molar-refractivity contribution in [3.05, 3.63) is 23.8 Å². The zero-order valence-corrected chi connectivity index (χ0v) is 17.0. The molecule has 0 bridgehead atoms. The highest BCUT2D eigenvalue weighted by Crippen LogP contribution is 2.36. The molecule has 27 heavy (non-hydrogen) atoms. The van der Waals surface area contributed by atoms with Crippen molar-refractivity contribution < 1.29 is 23.8 Å². The Bertz CT molecular complexity index is 661. The average molecular weight is 382 g/mol. The maximum Gasteiger partial charge on any atom is 0.408 e. The van der Waals surface area contributed by atoms with Crippen LogP contribution in [0, 0.1) is 5.92 Å². The number of ether oxygens (including phenoxy) is 2. The lowest BCUT2D eigenvalue weighted by Gasteiger charge is -2.46. The molecule has 1 aromatic rings. The van der Waals surface area contributed by atoms with Gasteiger partial charge in [0.1, 0.15) is 11.4 Å². The van der Waals surface area contributed by atoms with Crippen molar-refractivity contribution in [3.8, 4) is 5.75 Å². The fraction of sp³-hybridized carbons (Fsp3) is 0.650. The van der Waals surface area contributed by atoms with Gasteiger partial charge in [-0.05, 0) is 47.6 Å². The molecule has 152 valence electrons. The molecular formula is C20H31FN2O4. The normalized spacial score (nSPS) is 16.5. The van der Waals surface area contributed by atoms with Crippen molar-refractivity contribution in [1.82, 2.24) is 5.32 Å².